The van der Waals surface area contributed by atoms with Crippen molar-refractivity contribution >= 4 is 21.9 Å². The Hall–Kier alpha value is -1.24. The minimum atomic E-state index is -2.92. The molecule has 7 heteroatoms. The molecule has 0 unspecified atom stereocenters. The van der Waals surface area contributed by atoms with Gasteiger partial charge in [0.1, 0.15) is 5.56 Å². The number of aromatic amines is 1. The van der Waals surface area contributed by atoms with E-state index in [1.54, 1.807) is 0 Å². The lowest BCUT2D eigenvalue weighted by molar-refractivity contribution is 0.0587. The summed E-state index contributed by atoms with van der Waals surface area (Å²) < 4.78 is 29.3. The normalized spacial score (nSPS) is 10.5. The van der Waals surface area contributed by atoms with Crippen LogP contribution in [0.15, 0.2) is 15.5 Å². The predicted molar refractivity (Wildman–Crippen MR) is 51.1 cm³/mol. The Balaban J connectivity index is 3.47. The first-order valence-corrected chi connectivity index (χ1v) is 4.56. The van der Waals surface area contributed by atoms with Gasteiger partial charge in [-0.15, -0.1) is 0 Å². The van der Waals surface area contributed by atoms with Crippen molar-refractivity contribution in [3.05, 3.63) is 32.2 Å². The molecule has 1 heterocycles. The van der Waals surface area contributed by atoms with Crippen LogP contribution in [0.25, 0.3) is 0 Å². The standard InChI is InChI=1S/C8H6BrF2NO3/c1-15-8(14)5-3(6(10)11)2-4(9)12-7(5)13/h2,6H,1H3,(H,12,13). The summed E-state index contributed by atoms with van der Waals surface area (Å²) in [6.07, 6.45) is -2.92. The van der Waals surface area contributed by atoms with E-state index < -0.39 is 29.1 Å². The third-order valence-electron chi connectivity index (χ3n) is 1.66. The first-order valence-electron chi connectivity index (χ1n) is 3.76. The van der Waals surface area contributed by atoms with Crippen LogP contribution in [0.4, 0.5) is 8.78 Å². The highest BCUT2D eigenvalue weighted by molar-refractivity contribution is 9.10. The zero-order valence-electron chi connectivity index (χ0n) is 7.51. The smallest absolute Gasteiger partial charge is 0.344 e. The summed E-state index contributed by atoms with van der Waals surface area (Å²) in [7, 11) is 1.01. The molecule has 0 saturated carbocycles. The number of nitrogens with one attached hydrogen (secondary N) is 1. The summed E-state index contributed by atoms with van der Waals surface area (Å²) in [5.41, 5.74) is -2.24. The van der Waals surface area contributed by atoms with Gasteiger partial charge >= 0.3 is 5.97 Å². The number of aromatic nitrogens is 1. The van der Waals surface area contributed by atoms with E-state index >= 15 is 0 Å². The maximum atomic E-state index is 12.5. The number of hydrogen-bond donors (Lipinski definition) is 1. The number of ether oxygens (including phenoxy) is 1. The number of hydrogen-bond acceptors (Lipinski definition) is 3. The molecule has 0 saturated heterocycles. The lowest BCUT2D eigenvalue weighted by Crippen LogP contribution is -2.22. The molecule has 0 amide bonds. The van der Waals surface area contributed by atoms with E-state index in [-0.39, 0.29) is 4.60 Å². The molecule has 4 nitrogen and oxygen atoms in total. The molecule has 0 aliphatic carbocycles. The van der Waals surface area contributed by atoms with Gasteiger partial charge in [0, 0.05) is 5.56 Å². The monoisotopic (exact) mass is 281 g/mol. The molecule has 0 fully saturated rings. The number of alkyl halides is 2. The molecule has 0 spiro atoms. The molecule has 0 atom stereocenters. The summed E-state index contributed by atoms with van der Waals surface area (Å²) in [6, 6.07) is 0.971. The molecule has 1 N–H and O–H groups in total. The van der Waals surface area contributed by atoms with Gasteiger partial charge in [0.2, 0.25) is 0 Å². The Bertz CT molecular complexity index is 444. The average Bonchev–Trinajstić information content (AvgIpc) is 2.15. The van der Waals surface area contributed by atoms with Crippen molar-refractivity contribution < 1.29 is 18.3 Å². The lowest BCUT2D eigenvalue weighted by Gasteiger charge is -2.06. The quantitative estimate of drug-likeness (QED) is 0.665. The van der Waals surface area contributed by atoms with E-state index in [2.05, 4.69) is 25.7 Å². The molecule has 0 aliphatic heterocycles. The first-order chi connectivity index (χ1) is 6.97. The van der Waals surface area contributed by atoms with Gasteiger partial charge in [-0.1, -0.05) is 0 Å². The van der Waals surface area contributed by atoms with Gasteiger partial charge in [-0.3, -0.25) is 4.79 Å². The van der Waals surface area contributed by atoms with Crippen LogP contribution in [-0.4, -0.2) is 18.1 Å². The highest BCUT2D eigenvalue weighted by Crippen LogP contribution is 2.23. The van der Waals surface area contributed by atoms with Gasteiger partial charge in [0.15, 0.2) is 0 Å². The lowest BCUT2D eigenvalue weighted by atomic mass is 10.1. The summed E-state index contributed by atoms with van der Waals surface area (Å²) in [4.78, 5) is 24.5. The molecule has 82 valence electrons. The van der Waals surface area contributed by atoms with Crippen LogP contribution in [0.5, 0.6) is 0 Å². The van der Waals surface area contributed by atoms with Crippen molar-refractivity contribution in [1.82, 2.24) is 4.98 Å². The molecule has 0 aromatic carbocycles. The Labute approximate surface area is 91.4 Å². The van der Waals surface area contributed by atoms with E-state index in [0.29, 0.717) is 0 Å². The van der Waals surface area contributed by atoms with Crippen LogP contribution in [0, 0.1) is 0 Å². The van der Waals surface area contributed by atoms with Crippen LogP contribution in [0.1, 0.15) is 22.3 Å². The van der Waals surface area contributed by atoms with Gasteiger partial charge in [-0.2, -0.15) is 0 Å². The molecular formula is C8H6BrF2NO3. The summed E-state index contributed by atoms with van der Waals surface area (Å²) in [6.45, 7) is 0. The van der Waals surface area contributed by atoms with Gasteiger partial charge < -0.3 is 9.72 Å². The van der Waals surface area contributed by atoms with Crippen LogP contribution in [-0.2, 0) is 4.74 Å². The van der Waals surface area contributed by atoms with Crippen molar-refractivity contribution in [1.29, 1.82) is 0 Å². The Morgan fingerprint density at radius 2 is 2.20 bits per heavy atom. The van der Waals surface area contributed by atoms with Crippen molar-refractivity contribution in [2.24, 2.45) is 0 Å². The Morgan fingerprint density at radius 3 is 2.67 bits per heavy atom. The van der Waals surface area contributed by atoms with Crippen LogP contribution >= 0.6 is 15.9 Å². The number of methoxy groups -OCH3 is 1. The fraction of sp³-hybridized carbons (Fsp3) is 0.250. The van der Waals surface area contributed by atoms with Crippen molar-refractivity contribution in [2.75, 3.05) is 7.11 Å². The third kappa shape index (κ3) is 2.41. The van der Waals surface area contributed by atoms with E-state index in [1.165, 1.54) is 0 Å². The van der Waals surface area contributed by atoms with Crippen molar-refractivity contribution in [3.8, 4) is 0 Å². The largest absolute Gasteiger partial charge is 0.465 e. The highest BCUT2D eigenvalue weighted by Gasteiger charge is 2.23. The minimum absolute atomic E-state index is 0.0791. The van der Waals surface area contributed by atoms with Crippen LogP contribution < -0.4 is 5.56 Å². The number of esters is 1. The van der Waals surface area contributed by atoms with Gasteiger partial charge in [0.25, 0.3) is 12.0 Å². The number of carbonyl (C=O) groups is 1. The van der Waals surface area contributed by atoms with E-state index in [0.717, 1.165) is 13.2 Å². The van der Waals surface area contributed by atoms with E-state index in [1.807, 2.05) is 0 Å². The van der Waals surface area contributed by atoms with Crippen molar-refractivity contribution in [2.45, 2.75) is 6.43 Å². The first kappa shape index (κ1) is 11.8. The second-order valence-corrected chi connectivity index (χ2v) is 3.42. The van der Waals surface area contributed by atoms with E-state index in [4.69, 9.17) is 0 Å². The Kier molecular flexibility index (Phi) is 3.57. The zero-order chi connectivity index (χ0) is 11.6. The average molecular weight is 282 g/mol. The van der Waals surface area contributed by atoms with Gasteiger partial charge in [-0.25, -0.2) is 13.6 Å². The van der Waals surface area contributed by atoms with Crippen LogP contribution in [0.3, 0.4) is 0 Å². The highest BCUT2D eigenvalue weighted by atomic mass is 79.9. The van der Waals surface area contributed by atoms with E-state index in [9.17, 15) is 18.4 Å². The number of pyridine rings is 1. The molecule has 15 heavy (non-hydrogen) atoms. The minimum Gasteiger partial charge on any atom is -0.465 e. The molecule has 0 aliphatic rings. The third-order valence-corrected chi connectivity index (χ3v) is 2.08. The van der Waals surface area contributed by atoms with Crippen molar-refractivity contribution in [3.63, 3.8) is 0 Å². The SMILES string of the molecule is COC(=O)c1c(C(F)F)cc(Br)[nH]c1=O. The summed E-state index contributed by atoms with van der Waals surface area (Å²) in [5.74, 6) is -1.08. The number of rotatable bonds is 2. The second kappa shape index (κ2) is 4.52. The fourth-order valence-electron chi connectivity index (χ4n) is 1.03. The number of halogens is 3. The number of H-pyrrole nitrogens is 1. The molecule has 0 radical (unpaired) electrons. The summed E-state index contributed by atoms with van der Waals surface area (Å²) >= 11 is 2.85. The van der Waals surface area contributed by atoms with Gasteiger partial charge in [0.05, 0.1) is 11.7 Å². The van der Waals surface area contributed by atoms with Gasteiger partial charge in [-0.05, 0) is 22.0 Å². The molecular weight excluding hydrogens is 276 g/mol. The maximum Gasteiger partial charge on any atom is 0.344 e. The molecule has 1 aromatic rings. The Morgan fingerprint density at radius 1 is 1.60 bits per heavy atom. The molecule has 1 rings (SSSR count). The zero-order valence-corrected chi connectivity index (χ0v) is 9.10. The summed E-state index contributed by atoms with van der Waals surface area (Å²) in [5, 5.41) is 0. The van der Waals surface area contributed by atoms with Crippen LogP contribution in [0.2, 0.25) is 0 Å². The topological polar surface area (TPSA) is 59.2 Å². The number of carbonyl (C=O) groups excluding carboxylic acids is 1. The maximum absolute atomic E-state index is 12.5. The molecule has 1 aromatic heterocycles. The predicted octanol–water partition coefficient (Wildman–Crippen LogP) is 1.86. The fourth-order valence-corrected chi connectivity index (χ4v) is 1.46. The molecule has 0 bridgehead atoms. The second-order valence-electron chi connectivity index (χ2n) is 2.57.